The highest BCUT2D eigenvalue weighted by atomic mass is 16.7. The zero-order chi connectivity index (χ0) is 26.4. The lowest BCUT2D eigenvalue weighted by Gasteiger charge is -2.41. The third kappa shape index (κ3) is 3.25. The molecule has 3 heterocycles. The number of furan rings is 1. The summed E-state index contributed by atoms with van der Waals surface area (Å²) in [5, 5.41) is 2.19. The van der Waals surface area contributed by atoms with Crippen molar-refractivity contribution in [1.82, 2.24) is 0 Å². The van der Waals surface area contributed by atoms with Crippen molar-refractivity contribution >= 4 is 51.6 Å². The average Bonchev–Trinajstić information content (AvgIpc) is 3.36. The monoisotopic (exact) mass is 501 g/mol. The number of rotatable bonds is 2. The van der Waals surface area contributed by atoms with Gasteiger partial charge >= 0.3 is 7.12 Å². The van der Waals surface area contributed by atoms with Crippen LogP contribution >= 0.6 is 0 Å². The Kier molecular flexibility index (Phi) is 4.81. The van der Waals surface area contributed by atoms with Crippen molar-refractivity contribution in [3.8, 4) is 0 Å². The van der Waals surface area contributed by atoms with E-state index >= 15 is 0 Å². The van der Waals surface area contributed by atoms with Gasteiger partial charge in [0, 0.05) is 27.9 Å². The summed E-state index contributed by atoms with van der Waals surface area (Å²) in [4.78, 5) is 2.36. The van der Waals surface area contributed by atoms with Gasteiger partial charge in [-0.1, -0.05) is 62.4 Å². The van der Waals surface area contributed by atoms with Crippen LogP contribution in [-0.2, 0) is 14.7 Å². The van der Waals surface area contributed by atoms with Crippen LogP contribution in [0.15, 0.2) is 89.3 Å². The van der Waals surface area contributed by atoms with Gasteiger partial charge in [0.05, 0.1) is 22.6 Å². The van der Waals surface area contributed by atoms with Gasteiger partial charge in [0.25, 0.3) is 0 Å². The highest BCUT2D eigenvalue weighted by Gasteiger charge is 2.51. The van der Waals surface area contributed by atoms with Gasteiger partial charge in [-0.25, -0.2) is 0 Å². The second-order valence-electron chi connectivity index (χ2n) is 12.1. The Labute approximate surface area is 224 Å². The van der Waals surface area contributed by atoms with E-state index in [1.54, 1.807) is 0 Å². The third-order valence-electron chi connectivity index (χ3n) is 8.90. The first-order chi connectivity index (χ1) is 18.1. The summed E-state index contributed by atoms with van der Waals surface area (Å²) in [6, 6.07) is 30.2. The molecule has 190 valence electrons. The second kappa shape index (κ2) is 7.75. The first kappa shape index (κ1) is 23.6. The van der Waals surface area contributed by atoms with Crippen molar-refractivity contribution in [2.45, 2.75) is 58.2 Å². The van der Waals surface area contributed by atoms with E-state index in [9.17, 15) is 0 Å². The summed E-state index contributed by atoms with van der Waals surface area (Å²) in [6.45, 7) is 12.9. The number of nitrogens with zero attached hydrogens (tertiary/aromatic N) is 1. The van der Waals surface area contributed by atoms with Crippen LogP contribution in [-0.4, -0.2) is 18.3 Å². The van der Waals surface area contributed by atoms with Crippen molar-refractivity contribution in [1.29, 1.82) is 0 Å². The van der Waals surface area contributed by atoms with E-state index in [1.807, 2.05) is 0 Å². The van der Waals surface area contributed by atoms with E-state index in [4.69, 9.17) is 13.7 Å². The molecule has 38 heavy (non-hydrogen) atoms. The Morgan fingerprint density at radius 1 is 0.605 bits per heavy atom. The van der Waals surface area contributed by atoms with Crippen molar-refractivity contribution in [3.05, 3.63) is 96.1 Å². The van der Waals surface area contributed by atoms with E-state index in [0.29, 0.717) is 0 Å². The number of hydrogen-bond donors (Lipinski definition) is 0. The van der Waals surface area contributed by atoms with Crippen LogP contribution in [0.25, 0.3) is 21.9 Å². The van der Waals surface area contributed by atoms with Crippen LogP contribution < -0.4 is 10.4 Å². The summed E-state index contributed by atoms with van der Waals surface area (Å²) < 4.78 is 19.0. The van der Waals surface area contributed by atoms with Crippen LogP contribution in [0.3, 0.4) is 0 Å². The topological polar surface area (TPSA) is 34.8 Å². The molecule has 0 N–H and O–H groups in total. The highest BCUT2D eigenvalue weighted by Crippen LogP contribution is 2.52. The fourth-order valence-electron chi connectivity index (χ4n) is 5.99. The van der Waals surface area contributed by atoms with E-state index in [1.165, 1.54) is 22.5 Å². The van der Waals surface area contributed by atoms with E-state index in [2.05, 4.69) is 131 Å². The molecule has 7 rings (SSSR count). The highest BCUT2D eigenvalue weighted by molar-refractivity contribution is 6.62. The molecule has 0 amide bonds. The quantitative estimate of drug-likeness (QED) is 0.230. The molecule has 0 bridgehead atoms. The minimum Gasteiger partial charge on any atom is -0.456 e. The fraction of sp³-hybridized carbons (Fsp3) is 0.273. The Balaban J connectivity index is 1.34. The molecule has 0 atom stereocenters. The number of para-hydroxylation sites is 2. The molecule has 0 saturated carbocycles. The van der Waals surface area contributed by atoms with Crippen LogP contribution in [0.4, 0.5) is 17.1 Å². The molecule has 1 fully saturated rings. The summed E-state index contributed by atoms with van der Waals surface area (Å²) in [6.07, 6.45) is 0. The average molecular weight is 501 g/mol. The molecule has 2 aliphatic heterocycles. The summed E-state index contributed by atoms with van der Waals surface area (Å²) in [5.41, 5.74) is 7.94. The lowest BCUT2D eigenvalue weighted by Crippen LogP contribution is -2.41. The maximum Gasteiger partial charge on any atom is 0.494 e. The van der Waals surface area contributed by atoms with Crippen molar-refractivity contribution in [3.63, 3.8) is 0 Å². The van der Waals surface area contributed by atoms with E-state index < -0.39 is 7.12 Å². The molecule has 0 spiro atoms. The van der Waals surface area contributed by atoms with Gasteiger partial charge in [0.1, 0.15) is 11.2 Å². The molecule has 2 aliphatic rings. The zero-order valence-electron chi connectivity index (χ0n) is 22.8. The molecular formula is C33H32BNO3. The minimum atomic E-state index is -0.419. The van der Waals surface area contributed by atoms with Crippen LogP contribution in [0.1, 0.15) is 52.7 Å². The number of benzene rings is 4. The lowest BCUT2D eigenvalue weighted by molar-refractivity contribution is 0.00578. The maximum absolute atomic E-state index is 6.47. The largest absolute Gasteiger partial charge is 0.494 e. The van der Waals surface area contributed by atoms with Gasteiger partial charge in [-0.05, 0) is 74.6 Å². The molecule has 1 saturated heterocycles. The predicted octanol–water partition coefficient (Wildman–Crippen LogP) is 7.99. The number of anilines is 3. The van der Waals surface area contributed by atoms with Gasteiger partial charge in [-0.2, -0.15) is 0 Å². The van der Waals surface area contributed by atoms with E-state index in [0.717, 1.165) is 33.1 Å². The Morgan fingerprint density at radius 2 is 1.13 bits per heavy atom. The summed E-state index contributed by atoms with van der Waals surface area (Å²) in [5.74, 6) is 0. The Morgan fingerprint density at radius 3 is 1.74 bits per heavy atom. The molecule has 5 aromatic rings. The standard InChI is InChI=1S/C33H32BNO3/c1-31(2)25-11-7-9-13-27(25)35(28-14-10-8-12-26(28)31)22-16-18-24-23-17-15-21(19-29(23)36-30(24)20-22)34-37-32(3,4)33(5,6)38-34/h7-20H,1-6H3. The first-order valence-corrected chi connectivity index (χ1v) is 13.4. The molecule has 5 heteroatoms. The van der Waals surface area contributed by atoms with Crippen molar-refractivity contribution in [2.75, 3.05) is 4.90 Å². The first-order valence-electron chi connectivity index (χ1n) is 13.4. The normalized spacial score (nSPS) is 19.1. The molecule has 4 nitrogen and oxygen atoms in total. The van der Waals surface area contributed by atoms with Crippen LogP contribution in [0.5, 0.6) is 0 Å². The maximum atomic E-state index is 6.47. The minimum absolute atomic E-state index is 0.0862. The third-order valence-corrected chi connectivity index (χ3v) is 8.90. The second-order valence-corrected chi connectivity index (χ2v) is 12.1. The summed E-state index contributed by atoms with van der Waals surface area (Å²) >= 11 is 0. The Hall–Kier alpha value is -3.54. The number of hydrogen-bond acceptors (Lipinski definition) is 4. The van der Waals surface area contributed by atoms with Crippen LogP contribution in [0, 0.1) is 0 Å². The van der Waals surface area contributed by atoms with Gasteiger partial charge in [0.15, 0.2) is 0 Å². The van der Waals surface area contributed by atoms with E-state index in [-0.39, 0.29) is 16.6 Å². The van der Waals surface area contributed by atoms with Crippen molar-refractivity contribution in [2.24, 2.45) is 0 Å². The molecule has 1 aromatic heterocycles. The predicted molar refractivity (Wildman–Crippen MR) is 156 cm³/mol. The number of fused-ring (bicyclic) bond motifs is 5. The lowest BCUT2D eigenvalue weighted by atomic mass is 9.73. The zero-order valence-corrected chi connectivity index (χ0v) is 22.8. The Bertz CT molecular complexity index is 1670. The molecule has 0 unspecified atom stereocenters. The molecule has 4 aromatic carbocycles. The smallest absolute Gasteiger partial charge is 0.456 e. The molecule has 0 aliphatic carbocycles. The van der Waals surface area contributed by atoms with Gasteiger partial charge in [0.2, 0.25) is 0 Å². The van der Waals surface area contributed by atoms with Gasteiger partial charge < -0.3 is 18.6 Å². The molecule has 0 radical (unpaired) electrons. The summed E-state index contributed by atoms with van der Waals surface area (Å²) in [7, 11) is -0.419. The molecular weight excluding hydrogens is 469 g/mol. The SMILES string of the molecule is CC1(C)c2ccccc2N(c2ccc3c(c2)oc2cc(B4OC(C)(C)C(C)(C)O4)ccc23)c2ccccc21. The van der Waals surface area contributed by atoms with Gasteiger partial charge in [-0.3, -0.25) is 0 Å². The fourth-order valence-corrected chi connectivity index (χ4v) is 5.99. The van der Waals surface area contributed by atoms with Crippen molar-refractivity contribution < 1.29 is 13.7 Å². The van der Waals surface area contributed by atoms with Crippen LogP contribution in [0.2, 0.25) is 0 Å². The van der Waals surface area contributed by atoms with Gasteiger partial charge in [-0.15, -0.1) is 0 Å².